The van der Waals surface area contributed by atoms with Crippen molar-refractivity contribution >= 4 is 18.7 Å². The fourth-order valence-corrected chi connectivity index (χ4v) is 7.77. The summed E-state index contributed by atoms with van der Waals surface area (Å²) < 4.78 is 6.80. The standard InChI is InChI=1S/C21H31NOSi/c1-17(2)20(22)16-23-24(21(3,4)5,18-12-8-6-9-13-18)19-14-10-7-11-15-19/h6-15,17,20H,16,22H2,1-5H3/t20-/m1/s1. The van der Waals surface area contributed by atoms with Crippen molar-refractivity contribution in [1.29, 1.82) is 0 Å². The van der Waals surface area contributed by atoms with Crippen LogP contribution < -0.4 is 16.1 Å². The van der Waals surface area contributed by atoms with Gasteiger partial charge >= 0.3 is 0 Å². The number of hydrogen-bond acceptors (Lipinski definition) is 2. The molecule has 0 aliphatic carbocycles. The molecule has 2 aromatic carbocycles. The van der Waals surface area contributed by atoms with Gasteiger partial charge in [-0.3, -0.25) is 0 Å². The maximum atomic E-state index is 6.80. The molecule has 0 saturated heterocycles. The molecule has 2 N–H and O–H groups in total. The summed E-state index contributed by atoms with van der Waals surface area (Å²) in [7, 11) is -2.44. The summed E-state index contributed by atoms with van der Waals surface area (Å²) >= 11 is 0. The Kier molecular flexibility index (Phi) is 6.02. The third-order valence-electron chi connectivity index (χ3n) is 4.77. The lowest BCUT2D eigenvalue weighted by Crippen LogP contribution is -2.67. The zero-order valence-corrected chi connectivity index (χ0v) is 16.6. The van der Waals surface area contributed by atoms with Gasteiger partial charge in [0.25, 0.3) is 8.32 Å². The monoisotopic (exact) mass is 341 g/mol. The van der Waals surface area contributed by atoms with Crippen molar-refractivity contribution in [3.8, 4) is 0 Å². The topological polar surface area (TPSA) is 35.2 Å². The fraction of sp³-hybridized carbons (Fsp3) is 0.429. The maximum Gasteiger partial charge on any atom is 0.261 e. The van der Waals surface area contributed by atoms with Crippen molar-refractivity contribution < 1.29 is 4.43 Å². The normalized spacial score (nSPS) is 14.0. The van der Waals surface area contributed by atoms with E-state index in [9.17, 15) is 0 Å². The molecule has 0 bridgehead atoms. The van der Waals surface area contributed by atoms with Gasteiger partial charge in [0.15, 0.2) is 0 Å². The summed E-state index contributed by atoms with van der Waals surface area (Å²) in [4.78, 5) is 0. The van der Waals surface area contributed by atoms with Gasteiger partial charge in [-0.25, -0.2) is 0 Å². The van der Waals surface area contributed by atoms with E-state index >= 15 is 0 Å². The zero-order valence-electron chi connectivity index (χ0n) is 15.6. The van der Waals surface area contributed by atoms with E-state index in [1.54, 1.807) is 0 Å². The molecule has 2 nitrogen and oxygen atoms in total. The van der Waals surface area contributed by atoms with Crippen LogP contribution in [0.5, 0.6) is 0 Å². The van der Waals surface area contributed by atoms with Crippen LogP contribution in [-0.2, 0) is 4.43 Å². The predicted molar refractivity (Wildman–Crippen MR) is 106 cm³/mol. The molecule has 3 heteroatoms. The molecule has 0 unspecified atom stereocenters. The van der Waals surface area contributed by atoms with Crippen molar-refractivity contribution in [1.82, 2.24) is 0 Å². The van der Waals surface area contributed by atoms with Gasteiger partial charge in [0, 0.05) is 6.04 Å². The summed E-state index contributed by atoms with van der Waals surface area (Å²) in [6.07, 6.45) is 0. The second-order valence-electron chi connectivity index (χ2n) is 7.88. The van der Waals surface area contributed by atoms with Crippen molar-refractivity contribution in [3.05, 3.63) is 60.7 Å². The molecule has 24 heavy (non-hydrogen) atoms. The van der Waals surface area contributed by atoms with Gasteiger partial charge in [0.05, 0.1) is 6.61 Å². The van der Waals surface area contributed by atoms with Crippen molar-refractivity contribution in [2.75, 3.05) is 6.61 Å². The van der Waals surface area contributed by atoms with E-state index in [4.69, 9.17) is 10.2 Å². The number of benzene rings is 2. The Morgan fingerprint density at radius 1 is 0.875 bits per heavy atom. The Hall–Kier alpha value is -1.42. The van der Waals surface area contributed by atoms with Crippen molar-refractivity contribution in [3.63, 3.8) is 0 Å². The molecule has 130 valence electrons. The van der Waals surface area contributed by atoms with E-state index < -0.39 is 8.32 Å². The summed E-state index contributed by atoms with van der Waals surface area (Å²) in [6, 6.07) is 21.5. The summed E-state index contributed by atoms with van der Waals surface area (Å²) in [6.45, 7) is 11.8. The third kappa shape index (κ3) is 3.80. The van der Waals surface area contributed by atoms with Crippen molar-refractivity contribution in [2.45, 2.75) is 45.7 Å². The van der Waals surface area contributed by atoms with Crippen LogP contribution >= 0.6 is 0 Å². The van der Waals surface area contributed by atoms with Crippen LogP contribution in [0.15, 0.2) is 60.7 Å². The number of nitrogens with two attached hydrogens (primary N) is 1. The third-order valence-corrected chi connectivity index (χ3v) is 9.77. The lowest BCUT2D eigenvalue weighted by molar-refractivity contribution is 0.245. The summed E-state index contributed by atoms with van der Waals surface area (Å²) in [5.74, 6) is 0.406. The predicted octanol–water partition coefficient (Wildman–Crippen LogP) is 3.55. The van der Waals surface area contributed by atoms with Gasteiger partial charge in [0.2, 0.25) is 0 Å². The van der Waals surface area contributed by atoms with E-state index in [-0.39, 0.29) is 11.1 Å². The molecule has 0 saturated carbocycles. The molecule has 0 aliphatic heterocycles. The molecule has 0 heterocycles. The lowest BCUT2D eigenvalue weighted by atomic mass is 10.1. The molecule has 0 radical (unpaired) electrons. The van der Waals surface area contributed by atoms with E-state index in [0.29, 0.717) is 12.5 Å². The molecular weight excluding hydrogens is 310 g/mol. The van der Waals surface area contributed by atoms with Crippen LogP contribution in [0.25, 0.3) is 0 Å². The highest BCUT2D eigenvalue weighted by Gasteiger charge is 2.50. The lowest BCUT2D eigenvalue weighted by Gasteiger charge is -2.43. The molecule has 0 spiro atoms. The van der Waals surface area contributed by atoms with Crippen molar-refractivity contribution in [2.24, 2.45) is 11.7 Å². The molecular formula is C21H31NOSi. The molecule has 1 atom stereocenters. The minimum atomic E-state index is -2.44. The molecule has 2 rings (SSSR count). The summed E-state index contributed by atoms with van der Waals surface area (Å²) in [5.41, 5.74) is 6.32. The molecule has 2 aromatic rings. The second-order valence-corrected chi connectivity index (χ2v) is 12.2. The Labute approximate surface area is 148 Å². The first-order valence-electron chi connectivity index (χ1n) is 8.79. The minimum absolute atomic E-state index is 0.00636. The minimum Gasteiger partial charge on any atom is -0.406 e. The Morgan fingerprint density at radius 3 is 1.62 bits per heavy atom. The maximum absolute atomic E-state index is 6.80. The van der Waals surface area contributed by atoms with Gasteiger partial charge < -0.3 is 10.2 Å². The largest absolute Gasteiger partial charge is 0.406 e. The van der Waals surface area contributed by atoms with Gasteiger partial charge in [-0.2, -0.15) is 0 Å². The molecule has 0 aliphatic rings. The van der Waals surface area contributed by atoms with Crippen LogP contribution in [0.4, 0.5) is 0 Å². The Morgan fingerprint density at radius 2 is 1.29 bits per heavy atom. The highest BCUT2D eigenvalue weighted by atomic mass is 28.4. The average Bonchev–Trinajstić information content (AvgIpc) is 2.56. The van der Waals surface area contributed by atoms with E-state index in [1.807, 2.05) is 0 Å². The summed E-state index contributed by atoms with van der Waals surface area (Å²) in [5, 5.41) is 2.62. The zero-order chi connectivity index (χ0) is 17.8. The van der Waals surface area contributed by atoms with Crippen LogP contribution in [-0.4, -0.2) is 21.0 Å². The quantitative estimate of drug-likeness (QED) is 0.816. The first-order chi connectivity index (χ1) is 11.3. The van der Waals surface area contributed by atoms with Crippen LogP contribution in [0.1, 0.15) is 34.6 Å². The molecule has 0 fully saturated rings. The highest BCUT2D eigenvalue weighted by molar-refractivity contribution is 6.99. The number of hydrogen-bond donors (Lipinski definition) is 1. The highest BCUT2D eigenvalue weighted by Crippen LogP contribution is 2.36. The fourth-order valence-electron chi connectivity index (χ4n) is 3.18. The van der Waals surface area contributed by atoms with Crippen LogP contribution in [0, 0.1) is 5.92 Å². The Balaban J connectivity index is 2.57. The Bertz CT molecular complexity index is 580. The first-order valence-corrected chi connectivity index (χ1v) is 10.7. The molecule has 0 amide bonds. The average molecular weight is 342 g/mol. The first kappa shape index (κ1) is 18.9. The molecule has 0 aromatic heterocycles. The smallest absolute Gasteiger partial charge is 0.261 e. The number of rotatable bonds is 6. The van der Waals surface area contributed by atoms with Gasteiger partial charge in [-0.05, 0) is 21.3 Å². The van der Waals surface area contributed by atoms with Gasteiger partial charge in [0.1, 0.15) is 0 Å². The van der Waals surface area contributed by atoms with E-state index in [0.717, 1.165) is 0 Å². The van der Waals surface area contributed by atoms with Crippen LogP contribution in [0.2, 0.25) is 5.04 Å². The van der Waals surface area contributed by atoms with Crippen LogP contribution in [0.3, 0.4) is 0 Å². The van der Waals surface area contributed by atoms with Gasteiger partial charge in [-0.1, -0.05) is 95.3 Å². The van der Waals surface area contributed by atoms with Gasteiger partial charge in [-0.15, -0.1) is 0 Å². The second kappa shape index (κ2) is 7.64. The van der Waals surface area contributed by atoms with E-state index in [1.165, 1.54) is 10.4 Å². The SMILES string of the molecule is CC(C)[C@H](N)CO[Si](c1ccccc1)(c1ccccc1)C(C)(C)C. The van der Waals surface area contributed by atoms with E-state index in [2.05, 4.69) is 95.3 Å².